The van der Waals surface area contributed by atoms with Crippen LogP contribution >= 0.6 is 0 Å². The zero-order valence-electron chi connectivity index (χ0n) is 9.88. The van der Waals surface area contributed by atoms with Crippen LogP contribution < -0.4 is 9.47 Å². The number of aromatic nitrogens is 2. The molecule has 1 aromatic carbocycles. The van der Waals surface area contributed by atoms with Gasteiger partial charge in [-0.25, -0.2) is 4.98 Å². The smallest absolute Gasteiger partial charge is 0.396 e. The zero-order chi connectivity index (χ0) is 13.5. The molecule has 3 rings (SSSR count). The highest BCUT2D eigenvalue weighted by Gasteiger charge is 2.29. The van der Waals surface area contributed by atoms with Crippen LogP contribution in [0.15, 0.2) is 12.1 Å². The Hall–Kier alpha value is -1.92. The fourth-order valence-corrected chi connectivity index (χ4v) is 1.99. The minimum Gasteiger partial charge on any atom is -0.489 e. The lowest BCUT2D eigenvalue weighted by molar-refractivity contribution is -0.128. The molecule has 0 unspecified atom stereocenters. The van der Waals surface area contributed by atoms with Gasteiger partial charge in [-0.2, -0.15) is 13.2 Å². The van der Waals surface area contributed by atoms with Crippen molar-refractivity contribution in [1.82, 2.24) is 9.97 Å². The maximum absolute atomic E-state index is 12.3. The van der Waals surface area contributed by atoms with Crippen LogP contribution in [0.1, 0.15) is 12.2 Å². The van der Waals surface area contributed by atoms with Gasteiger partial charge in [-0.15, -0.1) is 0 Å². The molecule has 0 saturated heterocycles. The molecule has 2 aromatic rings. The first-order chi connectivity index (χ1) is 9.01. The maximum atomic E-state index is 12.3. The van der Waals surface area contributed by atoms with Crippen molar-refractivity contribution in [3.63, 3.8) is 0 Å². The third-order valence-electron chi connectivity index (χ3n) is 2.77. The van der Waals surface area contributed by atoms with E-state index in [1.807, 2.05) is 0 Å². The summed E-state index contributed by atoms with van der Waals surface area (Å²) in [6.07, 6.45) is -4.58. The van der Waals surface area contributed by atoms with E-state index in [1.54, 1.807) is 12.1 Å². The van der Waals surface area contributed by atoms with Crippen molar-refractivity contribution in [1.29, 1.82) is 0 Å². The molecule has 0 aliphatic carbocycles. The Morgan fingerprint density at radius 3 is 2.53 bits per heavy atom. The Labute approximate surface area is 106 Å². The van der Waals surface area contributed by atoms with Crippen molar-refractivity contribution in [2.24, 2.45) is 0 Å². The second-order valence-electron chi connectivity index (χ2n) is 4.34. The van der Waals surface area contributed by atoms with E-state index < -0.39 is 12.6 Å². The lowest BCUT2D eigenvalue weighted by Gasteiger charge is -2.05. The quantitative estimate of drug-likeness (QED) is 0.868. The van der Waals surface area contributed by atoms with Gasteiger partial charge in [0, 0.05) is 18.6 Å². The summed E-state index contributed by atoms with van der Waals surface area (Å²) in [7, 11) is 0. The average Bonchev–Trinajstić information content (AvgIpc) is 2.53. The van der Waals surface area contributed by atoms with Crippen LogP contribution in [0.3, 0.4) is 0 Å². The van der Waals surface area contributed by atoms with Crippen LogP contribution in [-0.2, 0) is 6.42 Å². The van der Waals surface area contributed by atoms with Crippen molar-refractivity contribution in [3.05, 3.63) is 18.0 Å². The predicted octanol–water partition coefficient (Wildman–Crippen LogP) is 2.83. The molecule has 4 nitrogen and oxygen atoms in total. The Kier molecular flexibility index (Phi) is 2.76. The third kappa shape index (κ3) is 2.59. The first kappa shape index (κ1) is 12.1. The monoisotopic (exact) mass is 272 g/mol. The van der Waals surface area contributed by atoms with Gasteiger partial charge in [0.05, 0.1) is 24.2 Å². The standard InChI is InChI=1S/C12H11F3N2O2/c13-12(14,15)6-11-16-7-4-9-10(5-8(7)17-11)19-3-1-2-18-9/h4-5H,1-3,6H2,(H,16,17). The van der Waals surface area contributed by atoms with Gasteiger partial charge in [-0.3, -0.25) is 0 Å². The Morgan fingerprint density at radius 2 is 1.84 bits per heavy atom. The lowest BCUT2D eigenvalue weighted by atomic mass is 10.3. The molecule has 0 spiro atoms. The molecule has 1 aromatic heterocycles. The highest BCUT2D eigenvalue weighted by Crippen LogP contribution is 2.33. The third-order valence-corrected chi connectivity index (χ3v) is 2.77. The SMILES string of the molecule is FC(F)(F)Cc1nc2cc3c(cc2[nH]1)OCCCO3. The summed E-state index contributed by atoms with van der Waals surface area (Å²) in [5, 5.41) is 0. The Bertz CT molecular complexity index is 564. The number of ether oxygens (including phenoxy) is 2. The van der Waals surface area contributed by atoms with Crippen molar-refractivity contribution in [2.45, 2.75) is 19.0 Å². The topological polar surface area (TPSA) is 47.1 Å². The fourth-order valence-electron chi connectivity index (χ4n) is 1.99. The molecule has 0 saturated carbocycles. The van der Waals surface area contributed by atoms with Crippen molar-refractivity contribution in [3.8, 4) is 11.5 Å². The van der Waals surface area contributed by atoms with Crippen molar-refractivity contribution >= 4 is 11.0 Å². The molecule has 0 bridgehead atoms. The van der Waals surface area contributed by atoms with E-state index in [1.165, 1.54) is 0 Å². The van der Waals surface area contributed by atoms with Crippen LogP contribution in [0.2, 0.25) is 0 Å². The molecule has 7 heteroatoms. The molecule has 0 atom stereocenters. The number of benzene rings is 1. The van der Waals surface area contributed by atoms with Gasteiger partial charge >= 0.3 is 6.18 Å². The fraction of sp³-hybridized carbons (Fsp3) is 0.417. The number of hydrogen-bond acceptors (Lipinski definition) is 3. The number of nitrogens with zero attached hydrogens (tertiary/aromatic N) is 1. The van der Waals surface area contributed by atoms with Gasteiger partial charge in [0.15, 0.2) is 11.5 Å². The number of rotatable bonds is 1. The number of fused-ring (bicyclic) bond motifs is 2. The highest BCUT2D eigenvalue weighted by atomic mass is 19.4. The van der Waals surface area contributed by atoms with E-state index in [0.29, 0.717) is 35.7 Å². The van der Waals surface area contributed by atoms with Crippen LogP contribution in [0.5, 0.6) is 11.5 Å². The van der Waals surface area contributed by atoms with E-state index in [0.717, 1.165) is 6.42 Å². The average molecular weight is 272 g/mol. The van der Waals surface area contributed by atoms with Crippen LogP contribution in [0.25, 0.3) is 11.0 Å². The van der Waals surface area contributed by atoms with Gasteiger partial charge in [-0.1, -0.05) is 0 Å². The van der Waals surface area contributed by atoms with Crippen LogP contribution in [-0.4, -0.2) is 29.4 Å². The number of aromatic amines is 1. The molecule has 102 valence electrons. The molecule has 1 aliphatic heterocycles. The first-order valence-corrected chi connectivity index (χ1v) is 5.86. The van der Waals surface area contributed by atoms with Crippen molar-refractivity contribution < 1.29 is 22.6 Å². The van der Waals surface area contributed by atoms with Crippen molar-refractivity contribution in [2.75, 3.05) is 13.2 Å². The summed E-state index contributed by atoms with van der Waals surface area (Å²) in [5.74, 6) is 0.949. The van der Waals surface area contributed by atoms with E-state index in [4.69, 9.17) is 9.47 Å². The number of nitrogens with one attached hydrogen (secondary N) is 1. The minimum atomic E-state index is -4.28. The predicted molar refractivity (Wildman–Crippen MR) is 61.5 cm³/mol. The Morgan fingerprint density at radius 1 is 1.16 bits per heavy atom. The first-order valence-electron chi connectivity index (χ1n) is 5.86. The summed E-state index contributed by atoms with van der Waals surface area (Å²) < 4.78 is 47.9. The molecule has 0 amide bonds. The second kappa shape index (κ2) is 4.32. The summed E-state index contributed by atoms with van der Waals surface area (Å²) in [6, 6.07) is 3.23. The molecule has 1 N–H and O–H groups in total. The molecular formula is C12H11F3N2O2. The molecular weight excluding hydrogens is 261 g/mol. The lowest BCUT2D eigenvalue weighted by Crippen LogP contribution is -2.12. The largest absolute Gasteiger partial charge is 0.489 e. The van der Waals surface area contributed by atoms with Crippen LogP contribution in [0.4, 0.5) is 13.2 Å². The molecule has 19 heavy (non-hydrogen) atoms. The molecule has 1 aliphatic rings. The van der Waals surface area contributed by atoms with Crippen LogP contribution in [0, 0.1) is 0 Å². The number of alkyl halides is 3. The summed E-state index contributed by atoms with van der Waals surface area (Å²) >= 11 is 0. The summed E-state index contributed by atoms with van der Waals surface area (Å²) in [4.78, 5) is 6.58. The normalized spacial score (nSPS) is 15.5. The number of hydrogen-bond donors (Lipinski definition) is 1. The van der Waals surface area contributed by atoms with Gasteiger partial charge in [0.25, 0.3) is 0 Å². The molecule has 2 heterocycles. The Balaban J connectivity index is 1.99. The van der Waals surface area contributed by atoms with Gasteiger partial charge in [0.1, 0.15) is 12.2 Å². The van der Waals surface area contributed by atoms with E-state index in [-0.39, 0.29) is 5.82 Å². The number of imidazole rings is 1. The zero-order valence-corrected chi connectivity index (χ0v) is 9.88. The second-order valence-corrected chi connectivity index (χ2v) is 4.34. The maximum Gasteiger partial charge on any atom is 0.396 e. The van der Waals surface area contributed by atoms with E-state index in [2.05, 4.69) is 9.97 Å². The molecule has 0 fully saturated rings. The molecule has 0 radical (unpaired) electrons. The van der Waals surface area contributed by atoms with E-state index in [9.17, 15) is 13.2 Å². The number of halogens is 3. The summed E-state index contributed by atoms with van der Waals surface area (Å²) in [5.41, 5.74) is 0.965. The van der Waals surface area contributed by atoms with Gasteiger partial charge in [0.2, 0.25) is 0 Å². The van der Waals surface area contributed by atoms with Gasteiger partial charge in [-0.05, 0) is 0 Å². The minimum absolute atomic E-state index is 0.109. The van der Waals surface area contributed by atoms with Gasteiger partial charge < -0.3 is 14.5 Å². The van der Waals surface area contributed by atoms with E-state index >= 15 is 0 Å². The highest BCUT2D eigenvalue weighted by molar-refractivity contribution is 5.79. The number of H-pyrrole nitrogens is 1. The summed E-state index contributed by atoms with van der Waals surface area (Å²) in [6.45, 7) is 1.06.